The van der Waals surface area contributed by atoms with Crippen molar-refractivity contribution in [2.24, 2.45) is 0 Å². The monoisotopic (exact) mass is 240 g/mol. The standard InChI is InChI=1S/C11H16N2O4/c1-15-5-6-16-8-17-10-4-2-3-9(7-10)11(12)13-14/h2-4,7,14H,5-6,8H2,1H3,(H2,12,13). The highest BCUT2D eigenvalue weighted by molar-refractivity contribution is 5.95. The van der Waals surface area contributed by atoms with E-state index in [9.17, 15) is 0 Å². The number of hydrogen-bond donors (Lipinski definition) is 3. The summed E-state index contributed by atoms with van der Waals surface area (Å²) in [7, 11) is 1.60. The summed E-state index contributed by atoms with van der Waals surface area (Å²) >= 11 is 0. The molecule has 17 heavy (non-hydrogen) atoms. The predicted octanol–water partition coefficient (Wildman–Crippen LogP) is 0.990. The second-order valence-corrected chi connectivity index (χ2v) is 3.18. The van der Waals surface area contributed by atoms with Crippen LogP contribution in [-0.2, 0) is 9.47 Å². The van der Waals surface area contributed by atoms with Crippen LogP contribution in [0.25, 0.3) is 0 Å². The van der Waals surface area contributed by atoms with Crippen LogP contribution in [0.4, 0.5) is 0 Å². The number of benzene rings is 1. The van der Waals surface area contributed by atoms with Gasteiger partial charge in [-0.3, -0.25) is 16.1 Å². The molecule has 6 heteroatoms. The van der Waals surface area contributed by atoms with Crippen molar-refractivity contribution < 1.29 is 19.4 Å². The van der Waals surface area contributed by atoms with Crippen molar-refractivity contribution in [2.45, 2.75) is 0 Å². The Kier molecular flexibility index (Phi) is 6.02. The first-order chi connectivity index (χ1) is 8.27. The lowest BCUT2D eigenvalue weighted by Crippen LogP contribution is -2.18. The number of ether oxygens (including phenoxy) is 3. The number of nitrogens with one attached hydrogen (secondary N) is 2. The van der Waals surface area contributed by atoms with Gasteiger partial charge < -0.3 is 14.2 Å². The molecular weight excluding hydrogens is 224 g/mol. The van der Waals surface area contributed by atoms with Crippen molar-refractivity contribution in [3.8, 4) is 5.75 Å². The van der Waals surface area contributed by atoms with Crippen LogP contribution in [0.2, 0.25) is 0 Å². The van der Waals surface area contributed by atoms with Gasteiger partial charge in [0.1, 0.15) is 11.6 Å². The van der Waals surface area contributed by atoms with E-state index in [4.69, 9.17) is 24.8 Å². The topological polar surface area (TPSA) is 83.8 Å². The summed E-state index contributed by atoms with van der Waals surface area (Å²) in [4.78, 5) is 0. The average Bonchev–Trinajstić information content (AvgIpc) is 2.38. The Morgan fingerprint density at radius 1 is 1.41 bits per heavy atom. The SMILES string of the molecule is COCCOCOc1cccc(C(=N)NO)c1. The number of hydroxylamine groups is 1. The molecule has 1 aromatic rings. The molecule has 0 aliphatic heterocycles. The van der Waals surface area contributed by atoms with E-state index < -0.39 is 0 Å². The second kappa shape index (κ2) is 7.61. The minimum absolute atomic E-state index is 0.0873. The lowest BCUT2D eigenvalue weighted by molar-refractivity contribution is -0.00847. The van der Waals surface area contributed by atoms with Crippen LogP contribution in [0.15, 0.2) is 24.3 Å². The normalized spacial score (nSPS) is 10.0. The van der Waals surface area contributed by atoms with Crippen molar-refractivity contribution in [3.05, 3.63) is 29.8 Å². The third kappa shape index (κ3) is 4.81. The van der Waals surface area contributed by atoms with Crippen LogP contribution < -0.4 is 10.2 Å². The van der Waals surface area contributed by atoms with Crippen LogP contribution in [0, 0.1) is 5.41 Å². The number of rotatable bonds is 7. The Morgan fingerprint density at radius 3 is 2.94 bits per heavy atom. The van der Waals surface area contributed by atoms with E-state index in [1.165, 1.54) is 0 Å². The van der Waals surface area contributed by atoms with Crippen LogP contribution in [0.5, 0.6) is 5.75 Å². The van der Waals surface area contributed by atoms with Crippen LogP contribution >= 0.6 is 0 Å². The molecule has 0 amide bonds. The fourth-order valence-electron chi connectivity index (χ4n) is 1.12. The van der Waals surface area contributed by atoms with Crippen molar-refractivity contribution in [1.82, 2.24) is 5.48 Å². The highest BCUT2D eigenvalue weighted by atomic mass is 16.7. The first kappa shape index (κ1) is 13.4. The first-order valence-electron chi connectivity index (χ1n) is 5.06. The van der Waals surface area contributed by atoms with E-state index in [2.05, 4.69) is 0 Å². The van der Waals surface area contributed by atoms with Gasteiger partial charge in [0.05, 0.1) is 13.2 Å². The molecule has 0 spiro atoms. The van der Waals surface area contributed by atoms with Gasteiger partial charge in [-0.25, -0.2) is 0 Å². The summed E-state index contributed by atoms with van der Waals surface area (Å²) in [6, 6.07) is 6.79. The Hall–Kier alpha value is -1.63. The number of methoxy groups -OCH3 is 1. The van der Waals surface area contributed by atoms with Crippen LogP contribution in [0.1, 0.15) is 5.56 Å². The summed E-state index contributed by atoms with van der Waals surface area (Å²) in [6.45, 7) is 1.10. The van der Waals surface area contributed by atoms with Crippen molar-refractivity contribution in [3.63, 3.8) is 0 Å². The fraction of sp³-hybridized carbons (Fsp3) is 0.364. The predicted molar refractivity (Wildman–Crippen MR) is 61.5 cm³/mol. The maximum Gasteiger partial charge on any atom is 0.189 e. The van der Waals surface area contributed by atoms with Gasteiger partial charge in [0.15, 0.2) is 6.79 Å². The van der Waals surface area contributed by atoms with Crippen LogP contribution in [0.3, 0.4) is 0 Å². The number of amidine groups is 1. The maximum atomic E-state index is 8.60. The van der Waals surface area contributed by atoms with Gasteiger partial charge in [-0.15, -0.1) is 0 Å². The second-order valence-electron chi connectivity index (χ2n) is 3.18. The van der Waals surface area contributed by atoms with E-state index in [0.29, 0.717) is 24.5 Å². The zero-order chi connectivity index (χ0) is 12.5. The molecule has 0 radical (unpaired) electrons. The van der Waals surface area contributed by atoms with Gasteiger partial charge in [-0.05, 0) is 12.1 Å². The quantitative estimate of drug-likeness (QED) is 0.218. The third-order valence-corrected chi connectivity index (χ3v) is 1.98. The zero-order valence-electron chi connectivity index (χ0n) is 9.60. The van der Waals surface area contributed by atoms with Crippen LogP contribution in [-0.4, -0.2) is 38.2 Å². The van der Waals surface area contributed by atoms with Gasteiger partial charge >= 0.3 is 0 Å². The molecular formula is C11H16N2O4. The fourth-order valence-corrected chi connectivity index (χ4v) is 1.12. The molecule has 0 aromatic heterocycles. The zero-order valence-corrected chi connectivity index (χ0v) is 9.60. The van der Waals surface area contributed by atoms with Gasteiger partial charge in [-0.1, -0.05) is 12.1 Å². The number of hydrogen-bond acceptors (Lipinski definition) is 5. The lowest BCUT2D eigenvalue weighted by atomic mass is 10.2. The van der Waals surface area contributed by atoms with E-state index in [1.807, 2.05) is 0 Å². The smallest absolute Gasteiger partial charge is 0.189 e. The molecule has 94 valence electrons. The minimum Gasteiger partial charge on any atom is -0.468 e. The Balaban J connectivity index is 2.40. The molecule has 6 nitrogen and oxygen atoms in total. The summed E-state index contributed by atoms with van der Waals surface area (Å²) in [5, 5.41) is 16.0. The van der Waals surface area contributed by atoms with Gasteiger partial charge in [-0.2, -0.15) is 0 Å². The van der Waals surface area contributed by atoms with Gasteiger partial charge in [0.25, 0.3) is 0 Å². The minimum atomic E-state index is -0.0873. The highest BCUT2D eigenvalue weighted by Gasteiger charge is 2.01. The molecule has 0 bridgehead atoms. The Morgan fingerprint density at radius 2 is 2.24 bits per heavy atom. The van der Waals surface area contributed by atoms with E-state index in [1.54, 1.807) is 36.9 Å². The first-order valence-corrected chi connectivity index (χ1v) is 5.06. The molecule has 3 N–H and O–H groups in total. The largest absolute Gasteiger partial charge is 0.468 e. The van der Waals surface area contributed by atoms with E-state index in [0.717, 1.165) is 0 Å². The highest BCUT2D eigenvalue weighted by Crippen LogP contribution is 2.13. The molecule has 0 saturated heterocycles. The third-order valence-electron chi connectivity index (χ3n) is 1.98. The maximum absolute atomic E-state index is 8.60. The summed E-state index contributed by atoms with van der Waals surface area (Å²) in [5.74, 6) is 0.482. The molecule has 0 heterocycles. The van der Waals surface area contributed by atoms with Gasteiger partial charge in [0.2, 0.25) is 0 Å². The molecule has 0 atom stereocenters. The Labute approximate surface area is 99.6 Å². The molecule has 0 fully saturated rings. The summed E-state index contributed by atoms with van der Waals surface area (Å²) in [6.07, 6.45) is 0. The Bertz CT molecular complexity index is 357. The van der Waals surface area contributed by atoms with Crippen molar-refractivity contribution >= 4 is 5.84 Å². The summed E-state index contributed by atoms with van der Waals surface area (Å²) < 4.78 is 15.3. The summed E-state index contributed by atoms with van der Waals surface area (Å²) in [5.41, 5.74) is 2.30. The van der Waals surface area contributed by atoms with Gasteiger partial charge in [0, 0.05) is 12.7 Å². The molecule has 0 unspecified atom stereocenters. The van der Waals surface area contributed by atoms with Crippen molar-refractivity contribution in [1.29, 1.82) is 5.41 Å². The van der Waals surface area contributed by atoms with E-state index >= 15 is 0 Å². The molecule has 0 aliphatic rings. The molecule has 1 aromatic carbocycles. The van der Waals surface area contributed by atoms with Crippen molar-refractivity contribution in [2.75, 3.05) is 27.1 Å². The van der Waals surface area contributed by atoms with E-state index in [-0.39, 0.29) is 12.6 Å². The molecule has 0 aliphatic carbocycles. The molecule has 1 rings (SSSR count). The lowest BCUT2D eigenvalue weighted by Gasteiger charge is -2.08. The average molecular weight is 240 g/mol. The molecule has 0 saturated carbocycles.